The molecule has 3 aromatic rings. The number of carbonyl (C=O) groups is 2. The van der Waals surface area contributed by atoms with Crippen molar-refractivity contribution in [3.05, 3.63) is 89.6 Å². The van der Waals surface area contributed by atoms with E-state index in [1.807, 2.05) is 36.4 Å². The smallest absolute Gasteiger partial charge is 0.193 e. The van der Waals surface area contributed by atoms with Gasteiger partial charge in [0.25, 0.3) is 0 Å². The number of hydrogen-bond donors (Lipinski definition) is 0. The number of hydrogen-bond acceptors (Lipinski definition) is 3. The van der Waals surface area contributed by atoms with E-state index in [9.17, 15) is 9.59 Å². The zero-order chi connectivity index (χ0) is 16.2. The number of benzene rings is 2. The number of rotatable bonds is 4. The molecule has 3 heteroatoms. The molecule has 3 nitrogen and oxygen atoms in total. The summed E-state index contributed by atoms with van der Waals surface area (Å²) in [6, 6.07) is 19.7. The average molecular weight is 301 g/mol. The van der Waals surface area contributed by atoms with E-state index in [0.717, 1.165) is 0 Å². The van der Waals surface area contributed by atoms with Gasteiger partial charge in [-0.05, 0) is 31.2 Å². The molecule has 23 heavy (non-hydrogen) atoms. The van der Waals surface area contributed by atoms with Crippen molar-refractivity contribution in [3.63, 3.8) is 0 Å². The molecule has 0 bridgehead atoms. The first-order valence-corrected chi connectivity index (χ1v) is 7.33. The third-order valence-corrected chi connectivity index (χ3v) is 3.65. The highest BCUT2D eigenvalue weighted by atomic mass is 16.1. The van der Waals surface area contributed by atoms with Crippen molar-refractivity contribution in [3.8, 4) is 11.3 Å². The fourth-order valence-corrected chi connectivity index (χ4v) is 2.44. The molecule has 3 rings (SSSR count). The van der Waals surface area contributed by atoms with Crippen molar-refractivity contribution in [2.24, 2.45) is 0 Å². The summed E-state index contributed by atoms with van der Waals surface area (Å²) in [5.41, 5.74) is 3.07. The lowest BCUT2D eigenvalue weighted by Gasteiger charge is -2.10. The van der Waals surface area contributed by atoms with E-state index < -0.39 is 0 Å². The van der Waals surface area contributed by atoms with E-state index in [2.05, 4.69) is 4.98 Å². The van der Waals surface area contributed by atoms with Gasteiger partial charge in [0.2, 0.25) is 0 Å². The average Bonchev–Trinajstić information content (AvgIpc) is 2.62. The van der Waals surface area contributed by atoms with Gasteiger partial charge in [-0.3, -0.25) is 14.6 Å². The van der Waals surface area contributed by atoms with Gasteiger partial charge >= 0.3 is 0 Å². The molecule has 0 unspecified atom stereocenters. The topological polar surface area (TPSA) is 47.0 Å². The second-order valence-corrected chi connectivity index (χ2v) is 5.23. The lowest BCUT2D eigenvalue weighted by molar-refractivity contribution is 0.101. The number of carbonyl (C=O) groups excluding carboxylic acids is 2. The highest BCUT2D eigenvalue weighted by molar-refractivity contribution is 6.13. The van der Waals surface area contributed by atoms with E-state index >= 15 is 0 Å². The number of pyridine rings is 1. The summed E-state index contributed by atoms with van der Waals surface area (Å²) in [7, 11) is 0. The van der Waals surface area contributed by atoms with E-state index in [0.29, 0.717) is 27.9 Å². The van der Waals surface area contributed by atoms with E-state index in [1.165, 1.54) is 6.92 Å². The Morgan fingerprint density at radius 3 is 2.22 bits per heavy atom. The zero-order valence-corrected chi connectivity index (χ0v) is 12.7. The molecule has 0 aliphatic carbocycles. The Morgan fingerprint density at radius 2 is 1.57 bits per heavy atom. The molecular formula is C20H15NO2. The van der Waals surface area contributed by atoms with Crippen LogP contribution in [0, 0.1) is 0 Å². The minimum atomic E-state index is -0.0821. The monoisotopic (exact) mass is 301 g/mol. The van der Waals surface area contributed by atoms with E-state index in [-0.39, 0.29) is 11.6 Å². The van der Waals surface area contributed by atoms with Crippen molar-refractivity contribution >= 4 is 11.6 Å². The van der Waals surface area contributed by atoms with Gasteiger partial charge in [-0.1, -0.05) is 42.5 Å². The predicted molar refractivity (Wildman–Crippen MR) is 89.6 cm³/mol. The number of ketones is 2. The van der Waals surface area contributed by atoms with E-state index in [1.54, 1.807) is 36.5 Å². The summed E-state index contributed by atoms with van der Waals surface area (Å²) in [5.74, 6) is -0.123. The molecular weight excluding hydrogens is 286 g/mol. The van der Waals surface area contributed by atoms with Crippen molar-refractivity contribution in [2.45, 2.75) is 6.92 Å². The molecule has 0 N–H and O–H groups in total. The summed E-state index contributed by atoms with van der Waals surface area (Å²) < 4.78 is 0. The van der Waals surface area contributed by atoms with Gasteiger partial charge in [0, 0.05) is 28.5 Å². The van der Waals surface area contributed by atoms with Gasteiger partial charge in [0.1, 0.15) is 0 Å². The first kappa shape index (κ1) is 14.9. The Bertz CT molecular complexity index is 855. The minimum absolute atomic E-state index is 0.0408. The van der Waals surface area contributed by atoms with Crippen molar-refractivity contribution in [1.29, 1.82) is 0 Å². The molecule has 1 heterocycles. The first-order valence-electron chi connectivity index (χ1n) is 7.33. The van der Waals surface area contributed by atoms with Gasteiger partial charge in [-0.15, -0.1) is 0 Å². The molecule has 2 aromatic carbocycles. The molecule has 0 amide bonds. The molecule has 0 spiro atoms. The molecule has 0 fully saturated rings. The van der Waals surface area contributed by atoms with Gasteiger partial charge in [0.05, 0.1) is 5.69 Å². The first-order chi connectivity index (χ1) is 11.2. The summed E-state index contributed by atoms with van der Waals surface area (Å²) in [4.78, 5) is 28.8. The summed E-state index contributed by atoms with van der Waals surface area (Å²) in [6.45, 7) is 1.51. The van der Waals surface area contributed by atoms with E-state index in [4.69, 9.17) is 0 Å². The van der Waals surface area contributed by atoms with Crippen LogP contribution in [0.2, 0.25) is 0 Å². The Labute approximate surface area is 134 Å². The lowest BCUT2D eigenvalue weighted by atomic mass is 9.93. The van der Waals surface area contributed by atoms with Gasteiger partial charge in [-0.25, -0.2) is 0 Å². The zero-order valence-electron chi connectivity index (χ0n) is 12.7. The van der Waals surface area contributed by atoms with Gasteiger partial charge < -0.3 is 0 Å². The normalized spacial score (nSPS) is 10.3. The Hall–Kier alpha value is -3.07. The number of Topliss-reactive ketones (excluding diaryl/α,β-unsaturated/α-hetero) is 1. The maximum Gasteiger partial charge on any atom is 0.193 e. The van der Waals surface area contributed by atoms with Crippen LogP contribution in [-0.4, -0.2) is 16.6 Å². The number of nitrogens with zero attached hydrogens (tertiary/aromatic N) is 1. The fraction of sp³-hybridized carbons (Fsp3) is 0.0500. The Kier molecular flexibility index (Phi) is 4.11. The van der Waals surface area contributed by atoms with Crippen LogP contribution in [0.25, 0.3) is 11.3 Å². The SMILES string of the molecule is CC(=O)c1ccc(C(=O)c2ccccc2)c(-c2ccccn2)c1. The van der Waals surface area contributed by atoms with Gasteiger partial charge in [-0.2, -0.15) is 0 Å². The number of aromatic nitrogens is 1. The highest BCUT2D eigenvalue weighted by Gasteiger charge is 2.16. The molecule has 1 aromatic heterocycles. The molecule has 0 aliphatic heterocycles. The maximum absolute atomic E-state index is 12.8. The van der Waals surface area contributed by atoms with Crippen LogP contribution >= 0.6 is 0 Å². The highest BCUT2D eigenvalue weighted by Crippen LogP contribution is 2.26. The second-order valence-electron chi connectivity index (χ2n) is 5.23. The standard InChI is InChI=1S/C20H15NO2/c1-14(22)16-10-11-17(20(23)15-7-3-2-4-8-15)18(13-16)19-9-5-6-12-21-19/h2-13H,1H3. The largest absolute Gasteiger partial charge is 0.295 e. The van der Waals surface area contributed by atoms with Crippen LogP contribution in [-0.2, 0) is 0 Å². The minimum Gasteiger partial charge on any atom is -0.295 e. The van der Waals surface area contributed by atoms with Crippen LogP contribution < -0.4 is 0 Å². The molecule has 0 radical (unpaired) electrons. The molecule has 112 valence electrons. The van der Waals surface area contributed by atoms with Crippen LogP contribution in [0.1, 0.15) is 33.2 Å². The quantitative estimate of drug-likeness (QED) is 0.679. The lowest BCUT2D eigenvalue weighted by Crippen LogP contribution is -2.05. The van der Waals surface area contributed by atoms with Crippen LogP contribution in [0.4, 0.5) is 0 Å². The van der Waals surface area contributed by atoms with Crippen LogP contribution in [0.15, 0.2) is 72.9 Å². The summed E-state index contributed by atoms with van der Waals surface area (Å²) in [5, 5.41) is 0. The molecule has 0 saturated carbocycles. The summed E-state index contributed by atoms with van der Waals surface area (Å²) >= 11 is 0. The third kappa shape index (κ3) is 3.09. The fourth-order valence-electron chi connectivity index (χ4n) is 2.44. The van der Waals surface area contributed by atoms with Crippen LogP contribution in [0.3, 0.4) is 0 Å². The van der Waals surface area contributed by atoms with Gasteiger partial charge in [0.15, 0.2) is 11.6 Å². The second kappa shape index (κ2) is 6.36. The molecule has 0 saturated heterocycles. The van der Waals surface area contributed by atoms with Crippen molar-refractivity contribution < 1.29 is 9.59 Å². The van der Waals surface area contributed by atoms with Crippen molar-refractivity contribution in [1.82, 2.24) is 4.98 Å². The Morgan fingerprint density at radius 1 is 0.826 bits per heavy atom. The molecule has 0 atom stereocenters. The Balaban J connectivity index is 2.17. The predicted octanol–water partition coefficient (Wildman–Crippen LogP) is 4.18. The van der Waals surface area contributed by atoms with Crippen LogP contribution in [0.5, 0.6) is 0 Å². The maximum atomic E-state index is 12.8. The third-order valence-electron chi connectivity index (χ3n) is 3.65. The molecule has 0 aliphatic rings. The summed E-state index contributed by atoms with van der Waals surface area (Å²) in [6.07, 6.45) is 1.67. The van der Waals surface area contributed by atoms with Crippen molar-refractivity contribution in [2.75, 3.05) is 0 Å².